The molecule has 1 amide bonds. The van der Waals surface area contributed by atoms with Gasteiger partial charge in [-0.25, -0.2) is 0 Å². The summed E-state index contributed by atoms with van der Waals surface area (Å²) < 4.78 is 0. The van der Waals surface area contributed by atoms with Crippen LogP contribution in [0.15, 0.2) is 0 Å². The van der Waals surface area contributed by atoms with E-state index >= 15 is 0 Å². The molecule has 3 nitrogen and oxygen atoms in total. The molecule has 3 heteroatoms. The van der Waals surface area contributed by atoms with Gasteiger partial charge in [0.05, 0.1) is 0 Å². The predicted molar refractivity (Wildman–Crippen MR) is 55.9 cm³/mol. The van der Waals surface area contributed by atoms with E-state index in [2.05, 4.69) is 10.6 Å². The molecule has 1 heterocycles. The van der Waals surface area contributed by atoms with Crippen LogP contribution in [0.1, 0.15) is 33.1 Å². The van der Waals surface area contributed by atoms with Crippen LogP contribution in [-0.4, -0.2) is 25.0 Å². The molecule has 1 aliphatic carbocycles. The first-order valence-electron chi connectivity index (χ1n) is 5.65. The summed E-state index contributed by atoms with van der Waals surface area (Å²) in [5, 5.41) is 6.37. The molecule has 2 fully saturated rings. The Kier molecular flexibility index (Phi) is 2.52. The van der Waals surface area contributed by atoms with E-state index in [1.165, 1.54) is 12.8 Å². The molecular weight excluding hydrogens is 176 g/mol. The molecule has 0 aromatic rings. The van der Waals surface area contributed by atoms with Crippen molar-refractivity contribution in [2.45, 2.75) is 39.2 Å². The fraction of sp³-hybridized carbons (Fsp3) is 0.909. The van der Waals surface area contributed by atoms with Gasteiger partial charge < -0.3 is 10.6 Å². The number of nitrogens with one attached hydrogen (secondary N) is 2. The lowest BCUT2D eigenvalue weighted by Gasteiger charge is -2.23. The Bertz CT molecular complexity index is 231. The first-order valence-corrected chi connectivity index (χ1v) is 5.65. The van der Waals surface area contributed by atoms with E-state index < -0.39 is 0 Å². The lowest BCUT2D eigenvalue weighted by atomic mass is 9.92. The van der Waals surface area contributed by atoms with Crippen molar-refractivity contribution in [3.05, 3.63) is 0 Å². The number of rotatable bonds is 2. The summed E-state index contributed by atoms with van der Waals surface area (Å²) in [6.45, 7) is 6.22. The normalized spacial score (nSPS) is 29.2. The second-order valence-corrected chi connectivity index (χ2v) is 5.03. The molecule has 1 saturated heterocycles. The average molecular weight is 196 g/mol. The lowest BCUT2D eigenvalue weighted by molar-refractivity contribution is -0.123. The number of piperidine rings is 1. The van der Waals surface area contributed by atoms with Crippen molar-refractivity contribution in [3.63, 3.8) is 0 Å². The smallest absolute Gasteiger partial charge is 0.223 e. The molecule has 1 aliphatic heterocycles. The summed E-state index contributed by atoms with van der Waals surface area (Å²) in [5.74, 6) is 0.592. The second-order valence-electron chi connectivity index (χ2n) is 5.03. The standard InChI is InChI=1S/C11H20N2O/c1-8(2)13-10(14)9-7-11(9)3-5-12-6-4-11/h8-9,12H,3-7H2,1-2H3,(H,13,14). The molecule has 14 heavy (non-hydrogen) atoms. The zero-order chi connectivity index (χ0) is 10.2. The van der Waals surface area contributed by atoms with Crippen molar-refractivity contribution in [3.8, 4) is 0 Å². The van der Waals surface area contributed by atoms with E-state index in [9.17, 15) is 4.79 Å². The zero-order valence-electron chi connectivity index (χ0n) is 9.10. The van der Waals surface area contributed by atoms with Crippen LogP contribution in [0.5, 0.6) is 0 Å². The molecule has 2 N–H and O–H groups in total. The zero-order valence-corrected chi connectivity index (χ0v) is 9.10. The Labute approximate surface area is 85.6 Å². The van der Waals surface area contributed by atoms with Gasteiger partial charge in [0.2, 0.25) is 5.91 Å². The maximum absolute atomic E-state index is 11.8. The van der Waals surface area contributed by atoms with E-state index in [0.717, 1.165) is 19.5 Å². The van der Waals surface area contributed by atoms with Gasteiger partial charge >= 0.3 is 0 Å². The summed E-state index contributed by atoms with van der Waals surface area (Å²) in [4.78, 5) is 11.8. The van der Waals surface area contributed by atoms with Crippen molar-refractivity contribution in [2.75, 3.05) is 13.1 Å². The van der Waals surface area contributed by atoms with Gasteiger partial charge in [-0.3, -0.25) is 4.79 Å². The fourth-order valence-electron chi connectivity index (χ4n) is 2.58. The van der Waals surface area contributed by atoms with Crippen LogP contribution in [0, 0.1) is 11.3 Å². The van der Waals surface area contributed by atoms with E-state index in [-0.39, 0.29) is 11.9 Å². The number of hydrogen-bond acceptors (Lipinski definition) is 2. The van der Waals surface area contributed by atoms with Gasteiger partial charge in [-0.05, 0) is 51.6 Å². The number of hydrogen-bond donors (Lipinski definition) is 2. The Morgan fingerprint density at radius 1 is 1.43 bits per heavy atom. The third kappa shape index (κ3) is 1.78. The van der Waals surface area contributed by atoms with Crippen molar-refractivity contribution in [1.29, 1.82) is 0 Å². The number of carbonyl (C=O) groups excluding carboxylic acids is 1. The number of carbonyl (C=O) groups is 1. The quantitative estimate of drug-likeness (QED) is 0.689. The predicted octanol–water partition coefficient (Wildman–Crippen LogP) is 0.901. The van der Waals surface area contributed by atoms with Gasteiger partial charge in [0.25, 0.3) is 0 Å². The van der Waals surface area contributed by atoms with Crippen LogP contribution in [0.2, 0.25) is 0 Å². The van der Waals surface area contributed by atoms with Crippen molar-refractivity contribution >= 4 is 5.91 Å². The van der Waals surface area contributed by atoms with Gasteiger partial charge in [-0.15, -0.1) is 0 Å². The van der Waals surface area contributed by atoms with Gasteiger partial charge in [-0.1, -0.05) is 0 Å². The minimum absolute atomic E-state index is 0.280. The Morgan fingerprint density at radius 2 is 2.07 bits per heavy atom. The monoisotopic (exact) mass is 196 g/mol. The Balaban J connectivity index is 1.87. The van der Waals surface area contributed by atoms with Crippen LogP contribution >= 0.6 is 0 Å². The minimum atomic E-state index is 0.280. The highest BCUT2D eigenvalue weighted by Crippen LogP contribution is 2.58. The van der Waals surface area contributed by atoms with Gasteiger partial charge in [-0.2, -0.15) is 0 Å². The summed E-state index contributed by atoms with van der Waals surface area (Å²) in [6.07, 6.45) is 3.49. The van der Waals surface area contributed by atoms with E-state index in [0.29, 0.717) is 11.3 Å². The molecule has 0 aromatic heterocycles. The van der Waals surface area contributed by atoms with Crippen LogP contribution in [0.3, 0.4) is 0 Å². The summed E-state index contributed by atoms with van der Waals surface area (Å²) in [6, 6.07) is 0.280. The molecule has 1 unspecified atom stereocenters. The molecule has 2 aliphatic rings. The van der Waals surface area contributed by atoms with Crippen LogP contribution in [-0.2, 0) is 4.79 Å². The first-order chi connectivity index (χ1) is 6.64. The molecule has 2 rings (SSSR count). The largest absolute Gasteiger partial charge is 0.354 e. The van der Waals surface area contributed by atoms with Crippen LogP contribution < -0.4 is 10.6 Å². The third-order valence-electron chi connectivity index (χ3n) is 3.54. The molecule has 1 saturated carbocycles. The lowest BCUT2D eigenvalue weighted by Crippen LogP contribution is -2.36. The SMILES string of the molecule is CC(C)NC(=O)C1CC12CCNCC2. The highest BCUT2D eigenvalue weighted by molar-refractivity contribution is 5.82. The minimum Gasteiger partial charge on any atom is -0.354 e. The maximum atomic E-state index is 11.8. The average Bonchev–Trinajstić information content (AvgIpc) is 2.80. The van der Waals surface area contributed by atoms with Crippen molar-refractivity contribution in [1.82, 2.24) is 10.6 Å². The molecule has 1 atom stereocenters. The van der Waals surface area contributed by atoms with Crippen LogP contribution in [0.25, 0.3) is 0 Å². The third-order valence-corrected chi connectivity index (χ3v) is 3.54. The first kappa shape index (κ1) is 9.97. The van der Waals surface area contributed by atoms with E-state index in [1.807, 2.05) is 13.8 Å². The van der Waals surface area contributed by atoms with Gasteiger partial charge in [0.15, 0.2) is 0 Å². The molecule has 0 aromatic carbocycles. The van der Waals surface area contributed by atoms with E-state index in [4.69, 9.17) is 0 Å². The summed E-state index contributed by atoms with van der Waals surface area (Å²) in [5.41, 5.74) is 0.379. The highest BCUT2D eigenvalue weighted by Gasteiger charge is 2.57. The maximum Gasteiger partial charge on any atom is 0.223 e. The Morgan fingerprint density at radius 3 is 2.64 bits per heavy atom. The summed E-state index contributed by atoms with van der Waals surface area (Å²) in [7, 11) is 0. The van der Waals surface area contributed by atoms with Gasteiger partial charge in [0.1, 0.15) is 0 Å². The number of amides is 1. The van der Waals surface area contributed by atoms with Gasteiger partial charge in [0, 0.05) is 12.0 Å². The highest BCUT2D eigenvalue weighted by atomic mass is 16.2. The molecule has 80 valence electrons. The molecule has 1 spiro atoms. The molecule has 0 radical (unpaired) electrons. The summed E-state index contributed by atoms with van der Waals surface area (Å²) >= 11 is 0. The molecular formula is C11H20N2O. The second kappa shape index (κ2) is 3.54. The van der Waals surface area contributed by atoms with Crippen molar-refractivity contribution in [2.24, 2.45) is 11.3 Å². The van der Waals surface area contributed by atoms with Crippen molar-refractivity contribution < 1.29 is 4.79 Å². The fourth-order valence-corrected chi connectivity index (χ4v) is 2.58. The van der Waals surface area contributed by atoms with E-state index in [1.54, 1.807) is 0 Å². The van der Waals surface area contributed by atoms with Crippen LogP contribution in [0.4, 0.5) is 0 Å². The Hall–Kier alpha value is -0.570. The topological polar surface area (TPSA) is 41.1 Å². The molecule has 0 bridgehead atoms.